The van der Waals surface area contributed by atoms with Crippen LogP contribution in [0.2, 0.25) is 5.02 Å². The molecule has 0 atom stereocenters. The summed E-state index contributed by atoms with van der Waals surface area (Å²) in [7, 11) is 0.0517. The Hall–Kier alpha value is -3.31. The van der Waals surface area contributed by atoms with Crippen LogP contribution in [-0.2, 0) is 21.2 Å². The monoisotopic (exact) mass is 622 g/mol. The number of hydrogen-bond acceptors (Lipinski definition) is 8. The molecule has 0 radical (unpaired) electrons. The highest BCUT2D eigenvalue weighted by Gasteiger charge is 2.24. The first-order chi connectivity index (χ1) is 20.7. The molecular formula is C32H39ClN6O3S. The van der Waals surface area contributed by atoms with E-state index in [2.05, 4.69) is 51.0 Å². The summed E-state index contributed by atoms with van der Waals surface area (Å²) in [5.74, 6) is 0.895. The van der Waals surface area contributed by atoms with Crippen molar-refractivity contribution in [3.63, 3.8) is 0 Å². The van der Waals surface area contributed by atoms with Gasteiger partial charge in [-0.05, 0) is 93.6 Å². The van der Waals surface area contributed by atoms with Crippen molar-refractivity contribution in [3.8, 4) is 11.1 Å². The van der Waals surface area contributed by atoms with Crippen LogP contribution >= 0.6 is 11.6 Å². The molecule has 0 aliphatic heterocycles. The van der Waals surface area contributed by atoms with Crippen molar-refractivity contribution in [2.45, 2.75) is 62.9 Å². The van der Waals surface area contributed by atoms with E-state index in [0.29, 0.717) is 23.7 Å². The second-order valence-electron chi connectivity index (χ2n) is 11.1. The number of benzene rings is 2. The molecule has 0 unspecified atom stereocenters. The Labute approximate surface area is 259 Å². The van der Waals surface area contributed by atoms with Gasteiger partial charge in [-0.2, -0.15) is 0 Å². The zero-order valence-electron chi connectivity index (χ0n) is 25.1. The van der Waals surface area contributed by atoms with Crippen LogP contribution in [-0.4, -0.2) is 67.7 Å². The molecular weight excluding hydrogens is 584 g/mol. The van der Waals surface area contributed by atoms with E-state index >= 15 is 0 Å². The molecule has 9 nitrogen and oxygen atoms in total. The van der Waals surface area contributed by atoms with Gasteiger partial charge in [0, 0.05) is 48.6 Å². The van der Waals surface area contributed by atoms with E-state index in [1.54, 1.807) is 31.4 Å². The van der Waals surface area contributed by atoms with Crippen molar-refractivity contribution >= 4 is 44.3 Å². The van der Waals surface area contributed by atoms with Crippen LogP contribution in [0, 0.1) is 6.92 Å². The zero-order chi connectivity index (χ0) is 30.6. The van der Waals surface area contributed by atoms with Crippen LogP contribution in [0.4, 0.5) is 11.8 Å². The quantitative estimate of drug-likeness (QED) is 0.200. The van der Waals surface area contributed by atoms with Crippen molar-refractivity contribution in [3.05, 3.63) is 71.0 Å². The first-order valence-electron chi connectivity index (χ1n) is 14.7. The molecule has 4 aromatic rings. The summed E-state index contributed by atoms with van der Waals surface area (Å²) in [4.78, 5) is 16.6. The third-order valence-corrected chi connectivity index (χ3v) is 10.1. The lowest BCUT2D eigenvalue weighted by Crippen LogP contribution is -2.39. The Morgan fingerprint density at radius 3 is 2.53 bits per heavy atom. The average Bonchev–Trinajstić information content (AvgIpc) is 2.99. The number of rotatable bonds is 11. The number of hydrogen-bond donors (Lipinski definition) is 2. The van der Waals surface area contributed by atoms with E-state index in [0.717, 1.165) is 72.8 Å². The number of nitrogens with one attached hydrogen (secondary N) is 2. The number of aromatic nitrogens is 3. The Morgan fingerprint density at radius 2 is 1.84 bits per heavy atom. The van der Waals surface area contributed by atoms with Gasteiger partial charge in [-0.25, -0.2) is 23.4 Å². The van der Waals surface area contributed by atoms with Crippen molar-refractivity contribution in [2.75, 3.05) is 37.3 Å². The predicted octanol–water partition coefficient (Wildman–Crippen LogP) is 6.32. The molecule has 2 heterocycles. The van der Waals surface area contributed by atoms with E-state index < -0.39 is 10.0 Å². The molecule has 11 heteroatoms. The summed E-state index contributed by atoms with van der Waals surface area (Å²) in [6.07, 6.45) is 7.14. The molecule has 1 aliphatic carbocycles. The van der Waals surface area contributed by atoms with Gasteiger partial charge < -0.3 is 15.0 Å². The topological polar surface area (TPSA) is 109 Å². The van der Waals surface area contributed by atoms with Gasteiger partial charge in [0.25, 0.3) is 10.0 Å². The van der Waals surface area contributed by atoms with Crippen LogP contribution in [0.25, 0.3) is 22.0 Å². The molecule has 2 aromatic carbocycles. The van der Waals surface area contributed by atoms with Crippen LogP contribution in [0.1, 0.15) is 43.9 Å². The molecule has 1 saturated carbocycles. The molecule has 0 bridgehead atoms. The van der Waals surface area contributed by atoms with Gasteiger partial charge in [0.15, 0.2) is 0 Å². The number of fused-ring (bicyclic) bond motifs is 1. The Morgan fingerprint density at radius 1 is 1.07 bits per heavy atom. The minimum absolute atomic E-state index is 0.00871. The lowest BCUT2D eigenvalue weighted by Gasteiger charge is -2.34. The number of pyridine rings is 1. The number of nitrogens with zero attached hydrogens (tertiary/aromatic N) is 4. The van der Waals surface area contributed by atoms with E-state index in [9.17, 15) is 8.42 Å². The smallest absolute Gasteiger partial charge is 0.264 e. The van der Waals surface area contributed by atoms with Crippen LogP contribution in [0.15, 0.2) is 59.6 Å². The third-order valence-electron chi connectivity index (χ3n) is 8.21. The fraction of sp³-hybridized carbons (Fsp3) is 0.406. The summed E-state index contributed by atoms with van der Waals surface area (Å²) in [6, 6.07) is 15.0. The SMILES string of the molecule is CCc1cc(-c2ccc(NS(=O)(=O)c3ccccc3Cl)nc2C)cc2cnc(N[C@H]3CC[C@H](N(C)CCOC)CC3)nc12. The summed E-state index contributed by atoms with van der Waals surface area (Å²) in [6.45, 7) is 5.70. The zero-order valence-corrected chi connectivity index (χ0v) is 26.7. The fourth-order valence-corrected chi connectivity index (χ4v) is 7.28. The maximum atomic E-state index is 12.9. The maximum Gasteiger partial charge on any atom is 0.264 e. The van der Waals surface area contributed by atoms with E-state index in [1.807, 2.05) is 19.2 Å². The predicted molar refractivity (Wildman–Crippen MR) is 173 cm³/mol. The first kappa shape index (κ1) is 31.1. The molecule has 0 amide bonds. The molecule has 0 saturated heterocycles. The van der Waals surface area contributed by atoms with Crippen molar-refractivity contribution in [2.24, 2.45) is 0 Å². The molecule has 2 N–H and O–H groups in total. The summed E-state index contributed by atoms with van der Waals surface area (Å²) < 4.78 is 33.6. The van der Waals surface area contributed by atoms with E-state index in [-0.39, 0.29) is 15.7 Å². The molecule has 5 rings (SSSR count). The molecule has 2 aromatic heterocycles. The van der Waals surface area contributed by atoms with Gasteiger partial charge in [-0.3, -0.25) is 4.72 Å². The molecule has 43 heavy (non-hydrogen) atoms. The second kappa shape index (κ2) is 13.5. The van der Waals surface area contributed by atoms with Crippen molar-refractivity contribution in [1.29, 1.82) is 0 Å². The Bertz CT molecular complexity index is 1690. The number of anilines is 2. The molecule has 1 aliphatic rings. The van der Waals surface area contributed by atoms with Gasteiger partial charge in [-0.15, -0.1) is 0 Å². The van der Waals surface area contributed by atoms with Gasteiger partial charge in [0.05, 0.1) is 17.1 Å². The standard InChI is InChI=1S/C32H39ClN6O3S/c1-5-22-18-23(27-14-15-30(35-21(27)2)38-43(40,41)29-9-7-6-8-28(29)33)19-24-20-34-32(37-31(22)24)36-25-10-12-26(13-11-25)39(3)16-17-42-4/h6-9,14-15,18-20,25-26H,5,10-13,16-17H2,1-4H3,(H,35,38)(H,34,36,37)/t25-,26-. The van der Waals surface area contributed by atoms with Crippen molar-refractivity contribution < 1.29 is 13.2 Å². The van der Waals surface area contributed by atoms with Gasteiger partial charge >= 0.3 is 0 Å². The lowest BCUT2D eigenvalue weighted by atomic mass is 9.90. The molecule has 0 spiro atoms. The Balaban J connectivity index is 1.31. The van der Waals surface area contributed by atoms with Crippen LogP contribution in [0.5, 0.6) is 0 Å². The fourth-order valence-electron chi connectivity index (χ4n) is 5.75. The minimum Gasteiger partial charge on any atom is -0.383 e. The normalized spacial score (nSPS) is 17.3. The van der Waals surface area contributed by atoms with Crippen LogP contribution < -0.4 is 10.0 Å². The summed E-state index contributed by atoms with van der Waals surface area (Å²) in [5.41, 5.74) is 4.64. The number of sulfonamides is 1. The van der Waals surface area contributed by atoms with Gasteiger partial charge in [0.2, 0.25) is 5.95 Å². The van der Waals surface area contributed by atoms with E-state index in [4.69, 9.17) is 21.3 Å². The third kappa shape index (κ3) is 7.26. The van der Waals surface area contributed by atoms with Crippen LogP contribution in [0.3, 0.4) is 0 Å². The van der Waals surface area contributed by atoms with Gasteiger partial charge in [-0.1, -0.05) is 30.7 Å². The highest BCUT2D eigenvalue weighted by Crippen LogP contribution is 2.31. The number of methoxy groups -OCH3 is 1. The highest BCUT2D eigenvalue weighted by molar-refractivity contribution is 7.92. The minimum atomic E-state index is -3.88. The average molecular weight is 623 g/mol. The van der Waals surface area contributed by atoms with E-state index in [1.165, 1.54) is 6.07 Å². The molecule has 1 fully saturated rings. The van der Waals surface area contributed by atoms with Crippen molar-refractivity contribution in [1.82, 2.24) is 19.9 Å². The summed E-state index contributed by atoms with van der Waals surface area (Å²) >= 11 is 6.12. The van der Waals surface area contributed by atoms with Gasteiger partial charge in [0.1, 0.15) is 10.7 Å². The first-order valence-corrected chi connectivity index (χ1v) is 16.6. The number of halogens is 1. The lowest BCUT2D eigenvalue weighted by molar-refractivity contribution is 0.121. The number of aryl methyl sites for hydroxylation is 2. The Kier molecular flexibility index (Phi) is 9.81. The number of ether oxygens (including phenoxy) is 1. The highest BCUT2D eigenvalue weighted by atomic mass is 35.5. The summed E-state index contributed by atoms with van der Waals surface area (Å²) in [5, 5.41) is 4.69. The second-order valence-corrected chi connectivity index (χ2v) is 13.2. The largest absolute Gasteiger partial charge is 0.383 e. The number of likely N-dealkylation sites (N-methyl/N-ethyl adjacent to an activating group) is 1. The maximum absolute atomic E-state index is 12.9. The molecule has 228 valence electrons.